The maximum Gasteiger partial charge on any atom is 0.143 e. The van der Waals surface area contributed by atoms with Gasteiger partial charge in [-0.25, -0.2) is 9.97 Å². The van der Waals surface area contributed by atoms with E-state index in [1.54, 1.807) is 17.7 Å². The number of nitrogens with zero attached hydrogens (tertiary/aromatic N) is 2. The van der Waals surface area contributed by atoms with Gasteiger partial charge in [0, 0.05) is 16.6 Å². The van der Waals surface area contributed by atoms with Crippen molar-refractivity contribution < 1.29 is 4.74 Å². The number of aromatic nitrogens is 2. The summed E-state index contributed by atoms with van der Waals surface area (Å²) < 4.78 is 5.66. The molecule has 0 fully saturated rings. The molecule has 0 aliphatic carbocycles. The van der Waals surface area contributed by atoms with Crippen molar-refractivity contribution >= 4 is 33.1 Å². The Labute approximate surface area is 169 Å². The molecule has 0 saturated heterocycles. The van der Waals surface area contributed by atoms with Crippen molar-refractivity contribution in [1.29, 1.82) is 0 Å². The van der Waals surface area contributed by atoms with E-state index >= 15 is 0 Å². The number of fused-ring (bicyclic) bond motifs is 1. The molecule has 0 amide bonds. The summed E-state index contributed by atoms with van der Waals surface area (Å²) in [7, 11) is 0. The highest BCUT2D eigenvalue weighted by Gasteiger charge is 2.14. The minimum absolute atomic E-state index is 0.730. The van der Waals surface area contributed by atoms with Gasteiger partial charge in [0.1, 0.15) is 22.7 Å². The van der Waals surface area contributed by atoms with Gasteiger partial charge in [-0.1, -0.05) is 25.1 Å². The molecular formula is C23H23N3OS. The average Bonchev–Trinajstić information content (AvgIpc) is 3.15. The van der Waals surface area contributed by atoms with E-state index in [1.165, 1.54) is 16.7 Å². The van der Waals surface area contributed by atoms with Crippen molar-refractivity contribution in [3.63, 3.8) is 0 Å². The van der Waals surface area contributed by atoms with Crippen LogP contribution in [0.1, 0.15) is 24.5 Å². The van der Waals surface area contributed by atoms with Crippen molar-refractivity contribution in [2.75, 3.05) is 11.9 Å². The molecule has 0 aliphatic rings. The molecule has 28 heavy (non-hydrogen) atoms. The summed E-state index contributed by atoms with van der Waals surface area (Å²) in [6, 6.07) is 14.6. The van der Waals surface area contributed by atoms with Gasteiger partial charge in [0.2, 0.25) is 0 Å². The molecule has 2 aromatic carbocycles. The van der Waals surface area contributed by atoms with E-state index in [-0.39, 0.29) is 0 Å². The number of rotatable bonds is 6. The van der Waals surface area contributed by atoms with Crippen LogP contribution in [-0.4, -0.2) is 16.6 Å². The van der Waals surface area contributed by atoms with Crippen LogP contribution < -0.4 is 10.1 Å². The number of hydrogen-bond donors (Lipinski definition) is 1. The minimum atomic E-state index is 0.730. The third-order valence-electron chi connectivity index (χ3n) is 4.78. The van der Waals surface area contributed by atoms with Gasteiger partial charge in [0.25, 0.3) is 0 Å². The van der Waals surface area contributed by atoms with Crippen molar-refractivity contribution in [2.24, 2.45) is 0 Å². The zero-order valence-corrected chi connectivity index (χ0v) is 17.1. The lowest BCUT2D eigenvalue weighted by atomic mass is 10.0. The molecule has 0 aliphatic heterocycles. The standard InChI is InChI=1S/C23H23N3OS/c1-4-11-27-19-9-7-18(8-10-19)26-22-21-20(13-28-23(21)25-14-24-22)17-6-5-15(2)16(3)12-17/h5-10,12-14H,4,11H2,1-3H3,(H,24,25,26). The third-order valence-corrected chi connectivity index (χ3v) is 5.66. The first-order valence-corrected chi connectivity index (χ1v) is 10.3. The number of nitrogens with one attached hydrogen (secondary N) is 1. The Morgan fingerprint density at radius 3 is 2.57 bits per heavy atom. The van der Waals surface area contributed by atoms with Gasteiger partial charge in [-0.05, 0) is 61.2 Å². The van der Waals surface area contributed by atoms with Crippen molar-refractivity contribution in [3.05, 3.63) is 65.3 Å². The fourth-order valence-corrected chi connectivity index (χ4v) is 4.00. The molecule has 0 radical (unpaired) electrons. The first-order chi connectivity index (χ1) is 13.7. The van der Waals surface area contributed by atoms with Gasteiger partial charge in [-0.3, -0.25) is 0 Å². The van der Waals surface area contributed by atoms with E-state index in [0.717, 1.165) is 46.1 Å². The molecule has 0 spiro atoms. The lowest BCUT2D eigenvalue weighted by molar-refractivity contribution is 0.317. The number of anilines is 2. The molecule has 4 rings (SSSR count). The van der Waals surface area contributed by atoms with Crippen molar-refractivity contribution in [3.8, 4) is 16.9 Å². The maximum atomic E-state index is 5.66. The minimum Gasteiger partial charge on any atom is -0.494 e. The predicted octanol–water partition coefficient (Wildman–Crippen LogP) is 6.51. The monoisotopic (exact) mass is 389 g/mol. The van der Waals surface area contributed by atoms with Gasteiger partial charge in [-0.2, -0.15) is 0 Å². The summed E-state index contributed by atoms with van der Waals surface area (Å²) in [4.78, 5) is 9.97. The number of thiophene rings is 1. The highest BCUT2D eigenvalue weighted by atomic mass is 32.1. The fraction of sp³-hybridized carbons (Fsp3) is 0.217. The quantitative estimate of drug-likeness (QED) is 0.408. The van der Waals surface area contributed by atoms with Crippen LogP contribution in [0.2, 0.25) is 0 Å². The van der Waals surface area contributed by atoms with Gasteiger partial charge < -0.3 is 10.1 Å². The zero-order chi connectivity index (χ0) is 19.5. The highest BCUT2D eigenvalue weighted by Crippen LogP contribution is 2.38. The topological polar surface area (TPSA) is 47.0 Å². The Bertz CT molecular complexity index is 1100. The Hall–Kier alpha value is -2.92. The summed E-state index contributed by atoms with van der Waals surface area (Å²) in [5, 5.41) is 6.67. The fourth-order valence-electron chi connectivity index (χ4n) is 3.08. The zero-order valence-electron chi connectivity index (χ0n) is 16.3. The molecular weight excluding hydrogens is 366 g/mol. The Morgan fingerprint density at radius 1 is 1.00 bits per heavy atom. The summed E-state index contributed by atoms with van der Waals surface area (Å²) in [6.45, 7) is 7.11. The maximum absolute atomic E-state index is 5.66. The van der Waals surface area contributed by atoms with Gasteiger partial charge >= 0.3 is 0 Å². The summed E-state index contributed by atoms with van der Waals surface area (Å²) in [5.41, 5.74) is 5.90. The molecule has 0 unspecified atom stereocenters. The number of ether oxygens (including phenoxy) is 1. The Balaban J connectivity index is 1.69. The van der Waals surface area contributed by atoms with Crippen LogP contribution in [0.3, 0.4) is 0 Å². The second kappa shape index (κ2) is 7.98. The largest absolute Gasteiger partial charge is 0.494 e. The summed E-state index contributed by atoms with van der Waals surface area (Å²) >= 11 is 1.64. The SMILES string of the molecule is CCCOc1ccc(Nc2ncnc3scc(-c4ccc(C)c(C)c4)c23)cc1. The lowest BCUT2D eigenvalue weighted by Crippen LogP contribution is -1.97. The highest BCUT2D eigenvalue weighted by molar-refractivity contribution is 7.17. The molecule has 4 nitrogen and oxygen atoms in total. The van der Waals surface area contributed by atoms with Crippen LogP contribution in [0, 0.1) is 13.8 Å². The van der Waals surface area contributed by atoms with Crippen LogP contribution in [0.25, 0.3) is 21.3 Å². The van der Waals surface area contributed by atoms with Gasteiger partial charge in [0.05, 0.1) is 12.0 Å². The normalized spacial score (nSPS) is 11.0. The van der Waals surface area contributed by atoms with Gasteiger partial charge in [-0.15, -0.1) is 11.3 Å². The smallest absolute Gasteiger partial charge is 0.143 e. The van der Waals surface area contributed by atoms with E-state index in [4.69, 9.17) is 4.74 Å². The predicted molar refractivity (Wildman–Crippen MR) is 118 cm³/mol. The van der Waals surface area contributed by atoms with E-state index in [0.29, 0.717) is 0 Å². The van der Waals surface area contributed by atoms with E-state index in [9.17, 15) is 0 Å². The molecule has 4 aromatic rings. The summed E-state index contributed by atoms with van der Waals surface area (Å²) in [6.07, 6.45) is 2.61. The van der Waals surface area contributed by atoms with Crippen molar-refractivity contribution in [2.45, 2.75) is 27.2 Å². The molecule has 0 bridgehead atoms. The van der Waals surface area contributed by atoms with E-state index in [1.807, 2.05) is 24.3 Å². The molecule has 1 N–H and O–H groups in total. The molecule has 2 heterocycles. The lowest BCUT2D eigenvalue weighted by Gasteiger charge is -2.10. The van der Waals surface area contributed by atoms with Gasteiger partial charge in [0.15, 0.2) is 0 Å². The number of hydrogen-bond acceptors (Lipinski definition) is 5. The molecule has 0 saturated carbocycles. The van der Waals surface area contributed by atoms with Crippen LogP contribution in [0.5, 0.6) is 5.75 Å². The van der Waals surface area contributed by atoms with Crippen molar-refractivity contribution in [1.82, 2.24) is 9.97 Å². The Morgan fingerprint density at radius 2 is 1.82 bits per heavy atom. The molecule has 142 valence electrons. The third kappa shape index (κ3) is 3.71. The average molecular weight is 390 g/mol. The Kier molecular flexibility index (Phi) is 5.26. The van der Waals surface area contributed by atoms with Crippen LogP contribution >= 0.6 is 11.3 Å². The first-order valence-electron chi connectivity index (χ1n) is 9.45. The second-order valence-corrected chi connectivity index (χ2v) is 7.71. The van der Waals surface area contributed by atoms with E-state index < -0.39 is 0 Å². The van der Waals surface area contributed by atoms with Crippen LogP contribution in [0.4, 0.5) is 11.5 Å². The summed E-state index contributed by atoms with van der Waals surface area (Å²) in [5.74, 6) is 1.70. The number of benzene rings is 2. The first kappa shape index (κ1) is 18.4. The number of aryl methyl sites for hydroxylation is 2. The van der Waals surface area contributed by atoms with Crippen LogP contribution in [-0.2, 0) is 0 Å². The molecule has 5 heteroatoms. The van der Waals surface area contributed by atoms with Crippen LogP contribution in [0.15, 0.2) is 54.2 Å². The second-order valence-electron chi connectivity index (χ2n) is 6.85. The van der Waals surface area contributed by atoms with E-state index in [2.05, 4.69) is 59.6 Å². The molecule has 2 aromatic heterocycles. The molecule has 0 atom stereocenters.